The minimum absolute atomic E-state index is 0.171. The lowest BCUT2D eigenvalue weighted by Gasteiger charge is -2.15. The maximum atomic E-state index is 10.6. The lowest BCUT2D eigenvalue weighted by molar-refractivity contribution is -0.192. The van der Waals surface area contributed by atoms with E-state index in [1.165, 1.54) is 0 Å². The van der Waals surface area contributed by atoms with Crippen LogP contribution in [0.1, 0.15) is 12.1 Å². The number of nitrogens with zero attached hydrogens (tertiary/aromatic N) is 5. The van der Waals surface area contributed by atoms with Crippen LogP contribution >= 0.6 is 0 Å². The molecule has 0 saturated carbocycles. The number of aryl methyl sites for hydroxylation is 1. The normalized spacial score (nSPS) is 15.4. The van der Waals surface area contributed by atoms with E-state index in [0.717, 1.165) is 30.6 Å². The van der Waals surface area contributed by atoms with Gasteiger partial charge >= 0.3 is 12.1 Å². The highest BCUT2D eigenvalue weighted by Crippen LogP contribution is 2.29. The molecule has 4 N–H and O–H groups in total. The SMILES string of the molecule is COc1cccc2c(C)nc(Nc3nc(O)c4cc(OCCN5CCC(O)C5)ccc4n3)nc12.O=C(O)C(F)(F)F. The fourth-order valence-corrected chi connectivity index (χ4v) is 4.15. The van der Waals surface area contributed by atoms with Crippen LogP contribution in [-0.2, 0) is 4.79 Å². The maximum absolute atomic E-state index is 10.6. The van der Waals surface area contributed by atoms with E-state index in [0.29, 0.717) is 47.0 Å². The van der Waals surface area contributed by atoms with E-state index in [2.05, 4.69) is 30.2 Å². The van der Waals surface area contributed by atoms with Gasteiger partial charge in [0, 0.05) is 25.0 Å². The molecule has 1 aliphatic heterocycles. The first kappa shape index (κ1) is 29.5. The fourth-order valence-electron chi connectivity index (χ4n) is 4.15. The number of carbonyl (C=O) groups is 1. The zero-order chi connectivity index (χ0) is 29.7. The number of carboxylic acid groups (broad SMARTS) is 1. The van der Waals surface area contributed by atoms with E-state index in [1.807, 2.05) is 25.1 Å². The number of halogens is 3. The van der Waals surface area contributed by atoms with Crippen LogP contribution in [0.4, 0.5) is 25.1 Å². The van der Waals surface area contributed by atoms with Gasteiger partial charge in [-0.2, -0.15) is 18.2 Å². The smallest absolute Gasteiger partial charge is 0.490 e. The minimum atomic E-state index is -5.08. The highest BCUT2D eigenvalue weighted by molar-refractivity contribution is 5.88. The number of alkyl halides is 3. The van der Waals surface area contributed by atoms with Crippen molar-refractivity contribution in [1.29, 1.82) is 0 Å². The van der Waals surface area contributed by atoms with E-state index >= 15 is 0 Å². The minimum Gasteiger partial charge on any atom is -0.494 e. The molecule has 2 aromatic carbocycles. The van der Waals surface area contributed by atoms with Gasteiger partial charge in [-0.05, 0) is 37.6 Å². The first-order valence-electron chi connectivity index (χ1n) is 12.4. The van der Waals surface area contributed by atoms with Crippen LogP contribution in [0.3, 0.4) is 0 Å². The number of ether oxygens (including phenoxy) is 2. The first-order valence-corrected chi connectivity index (χ1v) is 12.4. The number of aliphatic hydroxyl groups excluding tert-OH is 1. The molecule has 41 heavy (non-hydrogen) atoms. The second kappa shape index (κ2) is 12.3. The summed E-state index contributed by atoms with van der Waals surface area (Å²) < 4.78 is 43.0. The number of para-hydroxylation sites is 1. The van der Waals surface area contributed by atoms with Crippen molar-refractivity contribution in [3.8, 4) is 17.4 Å². The van der Waals surface area contributed by atoms with Gasteiger partial charge in [0.2, 0.25) is 17.8 Å². The molecule has 0 bridgehead atoms. The molecule has 0 spiro atoms. The lowest BCUT2D eigenvalue weighted by Crippen LogP contribution is -2.27. The third-order valence-corrected chi connectivity index (χ3v) is 6.14. The van der Waals surface area contributed by atoms with Gasteiger partial charge in [0.1, 0.15) is 23.6 Å². The molecular formula is C26H27F3N6O6. The topological polar surface area (TPSA) is 163 Å². The standard InChI is InChI=1S/C24H26N6O4.C2HF3O2/c1-14-17-4-3-5-20(33-2)21(17)27-23(25-14)29-24-26-19-7-6-16(12-18(19)22(32)28-24)34-11-10-30-9-8-15(31)13-30;3-2(4,5)1(6)7/h3-7,12,15,31H,8-11,13H2,1-2H3,(H2,25,26,27,28,29,32);(H,6,7). The Hall–Kier alpha value is -4.50. The number of β-amino-alcohol motifs (C(OH)–C–C–N with tert-alkyl or cyclic N) is 1. The number of benzene rings is 2. The van der Waals surface area contributed by atoms with Crippen LogP contribution in [0, 0.1) is 6.92 Å². The number of likely N-dealkylation sites (tertiary alicyclic amines) is 1. The number of methoxy groups -OCH3 is 1. The summed E-state index contributed by atoms with van der Waals surface area (Å²) >= 11 is 0. The van der Waals surface area contributed by atoms with Crippen molar-refractivity contribution in [2.24, 2.45) is 0 Å². The Morgan fingerprint density at radius 1 is 1.12 bits per heavy atom. The molecule has 5 rings (SSSR count). The summed E-state index contributed by atoms with van der Waals surface area (Å²) in [6.45, 7) is 4.66. The quantitative estimate of drug-likeness (QED) is 0.254. The number of carboxylic acids is 1. The van der Waals surface area contributed by atoms with Crippen molar-refractivity contribution in [3.05, 3.63) is 42.1 Å². The van der Waals surface area contributed by atoms with E-state index in [1.54, 1.807) is 25.3 Å². The van der Waals surface area contributed by atoms with E-state index in [9.17, 15) is 23.4 Å². The Morgan fingerprint density at radius 2 is 1.85 bits per heavy atom. The highest BCUT2D eigenvalue weighted by atomic mass is 19.4. The zero-order valence-electron chi connectivity index (χ0n) is 22.0. The monoisotopic (exact) mass is 576 g/mol. The Morgan fingerprint density at radius 3 is 2.51 bits per heavy atom. The maximum Gasteiger partial charge on any atom is 0.490 e. The van der Waals surface area contributed by atoms with Gasteiger partial charge in [0.25, 0.3) is 0 Å². The number of aromatic nitrogens is 4. The van der Waals surface area contributed by atoms with E-state index in [4.69, 9.17) is 19.4 Å². The molecule has 218 valence electrons. The molecule has 3 heterocycles. The number of aliphatic hydroxyl groups is 1. The van der Waals surface area contributed by atoms with Crippen LogP contribution in [0.5, 0.6) is 17.4 Å². The number of nitrogens with one attached hydrogen (secondary N) is 1. The Kier molecular flexibility index (Phi) is 8.88. The predicted molar refractivity (Wildman–Crippen MR) is 142 cm³/mol. The van der Waals surface area contributed by atoms with Crippen LogP contribution in [0.15, 0.2) is 36.4 Å². The van der Waals surface area contributed by atoms with Gasteiger partial charge in [0.05, 0.1) is 29.8 Å². The summed E-state index contributed by atoms with van der Waals surface area (Å²) in [4.78, 5) is 28.8. The number of aromatic hydroxyl groups is 1. The Bertz CT molecular complexity index is 1550. The second-order valence-corrected chi connectivity index (χ2v) is 9.06. The third kappa shape index (κ3) is 7.37. The first-order chi connectivity index (χ1) is 19.4. The molecule has 0 radical (unpaired) electrons. The van der Waals surface area contributed by atoms with Crippen LogP contribution in [0.2, 0.25) is 0 Å². The summed E-state index contributed by atoms with van der Waals surface area (Å²) in [7, 11) is 1.60. The Balaban J connectivity index is 0.000000493. The summed E-state index contributed by atoms with van der Waals surface area (Å²) in [5.74, 6) is -1.18. The van der Waals surface area contributed by atoms with Gasteiger partial charge in [-0.25, -0.2) is 19.7 Å². The van der Waals surface area contributed by atoms with Crippen molar-refractivity contribution in [3.63, 3.8) is 0 Å². The molecule has 1 unspecified atom stereocenters. The lowest BCUT2D eigenvalue weighted by atomic mass is 10.2. The highest BCUT2D eigenvalue weighted by Gasteiger charge is 2.38. The third-order valence-electron chi connectivity index (χ3n) is 6.14. The predicted octanol–water partition coefficient (Wildman–Crippen LogP) is 3.42. The largest absolute Gasteiger partial charge is 0.494 e. The molecule has 15 heteroatoms. The molecule has 12 nitrogen and oxygen atoms in total. The molecule has 0 amide bonds. The number of aliphatic carboxylic acids is 1. The van der Waals surface area contributed by atoms with Crippen LogP contribution in [0.25, 0.3) is 21.8 Å². The van der Waals surface area contributed by atoms with Gasteiger partial charge in [-0.1, -0.05) is 12.1 Å². The number of hydrogen-bond acceptors (Lipinski definition) is 11. The van der Waals surface area contributed by atoms with Crippen molar-refractivity contribution >= 4 is 39.7 Å². The summed E-state index contributed by atoms with van der Waals surface area (Å²) in [6, 6.07) is 11.0. The molecule has 1 atom stereocenters. The van der Waals surface area contributed by atoms with Crippen molar-refractivity contribution < 1.29 is 42.8 Å². The van der Waals surface area contributed by atoms with Gasteiger partial charge in [-0.15, -0.1) is 0 Å². The van der Waals surface area contributed by atoms with E-state index in [-0.39, 0.29) is 17.9 Å². The van der Waals surface area contributed by atoms with Crippen molar-refractivity contribution in [1.82, 2.24) is 24.8 Å². The fraction of sp³-hybridized carbons (Fsp3) is 0.346. The number of anilines is 2. The number of rotatable bonds is 7. The summed E-state index contributed by atoms with van der Waals surface area (Å²) in [5.41, 5.74) is 2.01. The number of hydrogen-bond donors (Lipinski definition) is 4. The second-order valence-electron chi connectivity index (χ2n) is 9.06. The molecule has 1 aliphatic rings. The average Bonchev–Trinajstić information content (AvgIpc) is 3.33. The van der Waals surface area contributed by atoms with Gasteiger partial charge in [-0.3, -0.25) is 10.2 Å². The molecule has 4 aromatic rings. The molecule has 1 fully saturated rings. The van der Waals surface area contributed by atoms with Crippen molar-refractivity contribution in [2.75, 3.05) is 38.7 Å². The molecular weight excluding hydrogens is 549 g/mol. The van der Waals surface area contributed by atoms with Crippen molar-refractivity contribution in [2.45, 2.75) is 25.6 Å². The average molecular weight is 577 g/mol. The number of fused-ring (bicyclic) bond motifs is 2. The molecule has 1 saturated heterocycles. The zero-order valence-corrected chi connectivity index (χ0v) is 22.0. The molecule has 2 aromatic heterocycles. The molecule has 0 aliphatic carbocycles. The Labute approximate surface area is 231 Å². The summed E-state index contributed by atoms with van der Waals surface area (Å²) in [5, 5.41) is 31.7. The van der Waals surface area contributed by atoms with Gasteiger partial charge in [0.15, 0.2) is 0 Å². The summed E-state index contributed by atoms with van der Waals surface area (Å²) in [6.07, 6.45) is -4.53. The van der Waals surface area contributed by atoms with Gasteiger partial charge < -0.3 is 24.8 Å². The van der Waals surface area contributed by atoms with E-state index < -0.39 is 12.1 Å². The van der Waals surface area contributed by atoms with Crippen LogP contribution in [-0.4, -0.2) is 91.8 Å². The van der Waals surface area contributed by atoms with Crippen LogP contribution < -0.4 is 14.8 Å².